The zero-order chi connectivity index (χ0) is 25.4. The summed E-state index contributed by atoms with van der Waals surface area (Å²) >= 11 is 0. The monoisotopic (exact) mass is 508 g/mol. The summed E-state index contributed by atoms with van der Waals surface area (Å²) in [5, 5.41) is 2.36. The molecular weight excluding hydrogens is 492 g/mol. The van der Waals surface area contributed by atoms with Crippen molar-refractivity contribution in [2.45, 2.75) is 11.9 Å². The molecule has 0 radical (unpaired) electrons. The first-order valence-corrected chi connectivity index (χ1v) is 11.9. The first-order chi connectivity index (χ1) is 16.4. The molecule has 182 valence electrons. The van der Waals surface area contributed by atoms with Crippen molar-refractivity contribution in [1.29, 1.82) is 0 Å². The van der Waals surface area contributed by atoms with Crippen LogP contribution in [0.3, 0.4) is 0 Å². The molecular formula is C22H16F4N4O4S. The first kappa shape index (κ1) is 24.1. The van der Waals surface area contributed by atoms with Crippen molar-refractivity contribution in [2.75, 3.05) is 11.6 Å². The van der Waals surface area contributed by atoms with Crippen LogP contribution in [0, 0.1) is 5.82 Å². The number of rotatable bonds is 5. The summed E-state index contributed by atoms with van der Waals surface area (Å²) in [4.78, 5) is 20.3. The number of hydrogen-bond donors (Lipinski definition) is 1. The number of fused-ring (bicyclic) bond motifs is 1. The summed E-state index contributed by atoms with van der Waals surface area (Å²) in [7, 11) is -3.36. The van der Waals surface area contributed by atoms with E-state index in [4.69, 9.17) is 4.74 Å². The van der Waals surface area contributed by atoms with Gasteiger partial charge in [-0.15, -0.1) is 0 Å². The molecule has 0 aliphatic heterocycles. The minimum atomic E-state index is -4.57. The molecule has 4 aromatic rings. The van der Waals surface area contributed by atoms with Gasteiger partial charge in [0.1, 0.15) is 6.33 Å². The molecule has 1 N–H and O–H groups in total. The van der Waals surface area contributed by atoms with Crippen LogP contribution in [0.15, 0.2) is 61.1 Å². The summed E-state index contributed by atoms with van der Waals surface area (Å²) in [5.41, 5.74) is -0.707. The lowest BCUT2D eigenvalue weighted by Gasteiger charge is -2.11. The van der Waals surface area contributed by atoms with Crippen molar-refractivity contribution in [1.82, 2.24) is 14.5 Å². The molecule has 8 nitrogen and oxygen atoms in total. The highest BCUT2D eigenvalue weighted by Crippen LogP contribution is 2.32. The first-order valence-electron chi connectivity index (χ1n) is 9.85. The predicted octanol–water partition coefficient (Wildman–Crippen LogP) is 5.01. The fourth-order valence-corrected chi connectivity index (χ4v) is 3.96. The van der Waals surface area contributed by atoms with Gasteiger partial charge in [0.25, 0.3) is 0 Å². The van der Waals surface area contributed by atoms with E-state index >= 15 is 4.39 Å². The third-order valence-corrected chi connectivity index (χ3v) is 5.57. The second-order valence-electron chi connectivity index (χ2n) is 7.52. The highest BCUT2D eigenvalue weighted by molar-refractivity contribution is 7.89. The van der Waals surface area contributed by atoms with Crippen LogP contribution in [-0.2, 0) is 21.8 Å². The normalized spacial score (nSPS) is 12.0. The third kappa shape index (κ3) is 5.57. The average molecular weight is 508 g/mol. The maximum atomic E-state index is 15.1. The summed E-state index contributed by atoms with van der Waals surface area (Å²) in [6, 6.07) is 8.51. The van der Waals surface area contributed by atoms with Crippen molar-refractivity contribution < 1.29 is 35.5 Å². The van der Waals surface area contributed by atoms with Gasteiger partial charge in [0.05, 0.1) is 22.5 Å². The lowest BCUT2D eigenvalue weighted by atomic mass is 10.2. The molecule has 4 rings (SSSR count). The second kappa shape index (κ2) is 8.98. The molecule has 13 heteroatoms. The summed E-state index contributed by atoms with van der Waals surface area (Å²) in [6.45, 7) is 0. The van der Waals surface area contributed by atoms with Crippen LogP contribution in [0.5, 0.6) is 11.6 Å². The van der Waals surface area contributed by atoms with Crippen LogP contribution in [0.1, 0.15) is 11.3 Å². The van der Waals surface area contributed by atoms with Gasteiger partial charge in [-0.2, -0.15) is 13.2 Å². The number of ether oxygens (including phenoxy) is 1. The molecule has 2 aromatic heterocycles. The van der Waals surface area contributed by atoms with Gasteiger partial charge in [-0.05, 0) is 36.4 Å². The number of aromatic nitrogens is 3. The van der Waals surface area contributed by atoms with Crippen LogP contribution < -0.4 is 10.1 Å². The molecule has 0 fully saturated rings. The number of carbonyl (C=O) groups is 1. The Morgan fingerprint density at radius 1 is 1.11 bits per heavy atom. The molecule has 2 aromatic carbocycles. The molecule has 35 heavy (non-hydrogen) atoms. The number of hydrogen-bond acceptors (Lipinski definition) is 6. The molecule has 1 amide bonds. The average Bonchev–Trinajstić information content (AvgIpc) is 3.19. The van der Waals surface area contributed by atoms with Crippen LogP contribution in [0.2, 0.25) is 0 Å². The highest BCUT2D eigenvalue weighted by Gasteiger charge is 2.30. The van der Waals surface area contributed by atoms with Gasteiger partial charge in [-0.25, -0.2) is 27.6 Å². The molecule has 0 saturated heterocycles. The van der Waals surface area contributed by atoms with Gasteiger partial charge >= 0.3 is 12.2 Å². The Morgan fingerprint density at radius 3 is 2.60 bits per heavy atom. The van der Waals surface area contributed by atoms with E-state index in [-0.39, 0.29) is 39.7 Å². The Hall–Kier alpha value is -4.00. The Balaban J connectivity index is 1.58. The molecule has 2 heterocycles. The number of benzene rings is 2. The van der Waals surface area contributed by atoms with Crippen molar-refractivity contribution in [3.8, 4) is 11.6 Å². The highest BCUT2D eigenvalue weighted by atomic mass is 32.2. The van der Waals surface area contributed by atoms with E-state index in [1.165, 1.54) is 36.5 Å². The summed E-state index contributed by atoms with van der Waals surface area (Å²) < 4.78 is 83.2. The van der Waals surface area contributed by atoms with Crippen LogP contribution in [0.4, 0.5) is 28.0 Å². The van der Waals surface area contributed by atoms with E-state index in [9.17, 15) is 26.4 Å². The van der Waals surface area contributed by atoms with E-state index in [0.29, 0.717) is 0 Å². The van der Waals surface area contributed by atoms with Crippen LogP contribution >= 0.6 is 0 Å². The molecule has 0 atom stereocenters. The second-order valence-corrected chi connectivity index (χ2v) is 9.66. The minimum Gasteiger partial charge on any atom is -0.436 e. The molecule has 0 aliphatic rings. The topological polar surface area (TPSA) is 103 Å². The fraction of sp³-hybridized carbons (Fsp3) is 0.136. The number of nitrogens with one attached hydrogen (secondary N) is 1. The summed E-state index contributed by atoms with van der Waals surface area (Å²) in [5.74, 6) is -1.50. The SMILES string of the molecule is CS(=O)(=O)Cc1cc(Oc2ccc3c(ccn3C(=O)Nc3cccc(C(F)(F)F)c3)c2F)ncn1. The largest absolute Gasteiger partial charge is 0.436 e. The lowest BCUT2D eigenvalue weighted by Crippen LogP contribution is -2.19. The smallest absolute Gasteiger partial charge is 0.416 e. The molecule has 0 bridgehead atoms. The lowest BCUT2D eigenvalue weighted by molar-refractivity contribution is -0.137. The van der Waals surface area contributed by atoms with Gasteiger partial charge in [-0.1, -0.05) is 6.07 Å². The Labute approximate surface area is 196 Å². The van der Waals surface area contributed by atoms with E-state index < -0.39 is 33.4 Å². The van der Waals surface area contributed by atoms with Gasteiger partial charge in [-0.3, -0.25) is 4.57 Å². The number of nitrogens with zero attached hydrogens (tertiary/aromatic N) is 3. The van der Waals surface area contributed by atoms with Crippen molar-refractivity contribution >= 4 is 32.5 Å². The fourth-order valence-electron chi connectivity index (χ4n) is 3.27. The molecule has 0 unspecified atom stereocenters. The molecule has 0 saturated carbocycles. The zero-order valence-corrected chi connectivity index (χ0v) is 18.7. The number of alkyl halides is 3. The Kier molecular flexibility index (Phi) is 6.19. The van der Waals surface area contributed by atoms with Crippen LogP contribution in [0.25, 0.3) is 10.9 Å². The molecule has 0 aliphatic carbocycles. The standard InChI is InChI=1S/C22H16F4N4O4S/c1-35(32,33)11-15-10-19(28-12-27-15)34-18-6-5-17-16(20(18)23)7-8-30(17)21(31)29-14-4-2-3-13(9-14)22(24,25)26/h2-10,12H,11H2,1H3,(H,29,31). The number of halogens is 4. The number of sulfone groups is 1. The van der Waals surface area contributed by atoms with Crippen molar-refractivity contribution in [3.05, 3.63) is 78.1 Å². The number of anilines is 1. The van der Waals surface area contributed by atoms with E-state index in [1.54, 1.807) is 0 Å². The van der Waals surface area contributed by atoms with Gasteiger partial charge in [0.15, 0.2) is 21.4 Å². The quantitative estimate of drug-likeness (QED) is 0.381. The predicted molar refractivity (Wildman–Crippen MR) is 118 cm³/mol. The van der Waals surface area contributed by atoms with Crippen molar-refractivity contribution in [3.63, 3.8) is 0 Å². The molecule has 0 spiro atoms. The number of carbonyl (C=O) groups excluding carboxylic acids is 1. The summed E-state index contributed by atoms with van der Waals surface area (Å²) in [6.07, 6.45) is -1.19. The van der Waals surface area contributed by atoms with E-state index in [2.05, 4.69) is 15.3 Å². The Morgan fingerprint density at radius 2 is 1.89 bits per heavy atom. The van der Waals surface area contributed by atoms with Crippen LogP contribution in [-0.4, -0.2) is 35.2 Å². The zero-order valence-electron chi connectivity index (χ0n) is 17.9. The van der Waals surface area contributed by atoms with Crippen molar-refractivity contribution in [2.24, 2.45) is 0 Å². The minimum absolute atomic E-state index is 0.00658. The third-order valence-electron chi connectivity index (χ3n) is 4.75. The number of amides is 1. The van der Waals surface area contributed by atoms with Gasteiger partial charge in [0, 0.05) is 29.6 Å². The van der Waals surface area contributed by atoms with E-state index in [0.717, 1.165) is 35.3 Å². The Bertz CT molecular complexity index is 1530. The maximum Gasteiger partial charge on any atom is 0.416 e. The van der Waals surface area contributed by atoms with E-state index in [1.807, 2.05) is 0 Å². The van der Waals surface area contributed by atoms with Gasteiger partial charge < -0.3 is 10.1 Å². The van der Waals surface area contributed by atoms with Gasteiger partial charge in [0.2, 0.25) is 5.88 Å². The maximum absolute atomic E-state index is 15.1.